The van der Waals surface area contributed by atoms with Crippen LogP contribution in [0.3, 0.4) is 0 Å². The lowest BCUT2D eigenvalue weighted by Crippen LogP contribution is -2.45. The molecule has 4 rings (SSSR count). The van der Waals surface area contributed by atoms with Crippen LogP contribution in [0.15, 0.2) is 18.2 Å². The number of Topliss-reactive ketones (excluding diaryl/α,β-unsaturated/α-hetero) is 1. The molecule has 0 radical (unpaired) electrons. The molecule has 3 aliphatic rings. The molecule has 1 aromatic rings. The number of likely N-dealkylation sites (tertiary alicyclic amines) is 1. The predicted octanol–water partition coefficient (Wildman–Crippen LogP) is 3.20. The maximum Gasteiger partial charge on any atom is 0.329 e. The largest absolute Gasteiger partial charge is 0.456 e. The summed E-state index contributed by atoms with van der Waals surface area (Å²) in [7, 11) is 0. The van der Waals surface area contributed by atoms with E-state index in [9.17, 15) is 19.2 Å². The van der Waals surface area contributed by atoms with Crippen molar-refractivity contribution >= 4 is 55.4 Å². The Kier molecular flexibility index (Phi) is 5.68. The third-order valence-corrected chi connectivity index (χ3v) is 10.00. The van der Waals surface area contributed by atoms with Crippen LogP contribution in [0.2, 0.25) is 0 Å². The van der Waals surface area contributed by atoms with Crippen LogP contribution in [0, 0.1) is 37.5 Å². The lowest BCUT2D eigenvalue weighted by Gasteiger charge is -2.28. The van der Waals surface area contributed by atoms with Crippen LogP contribution in [-0.4, -0.2) is 50.8 Å². The Hall–Kier alpha value is -1.54. The van der Waals surface area contributed by atoms with Crippen LogP contribution in [0.5, 0.6) is 0 Å². The third-order valence-electron chi connectivity index (χ3n) is 6.79. The number of alkyl halides is 2. The number of ketones is 1. The molecule has 0 N–H and O–H groups in total. The van der Waals surface area contributed by atoms with Gasteiger partial charge in [-0.2, -0.15) is 0 Å². The molecule has 1 aromatic carbocycles. The monoisotopic (exact) mass is 539 g/mol. The van der Waals surface area contributed by atoms with Gasteiger partial charge in [-0.3, -0.25) is 19.3 Å². The highest BCUT2D eigenvalue weighted by molar-refractivity contribution is 9.12. The highest BCUT2D eigenvalue weighted by Crippen LogP contribution is 2.60. The fraction of sp³-hybridized carbons (Fsp3) is 0.545. The number of hydrogen-bond acceptors (Lipinski definition) is 5. The molecule has 2 saturated carbocycles. The second kappa shape index (κ2) is 7.86. The maximum atomic E-state index is 13.0. The van der Waals surface area contributed by atoms with Crippen LogP contribution in [0.25, 0.3) is 0 Å². The van der Waals surface area contributed by atoms with Gasteiger partial charge in [0.05, 0.1) is 11.8 Å². The van der Waals surface area contributed by atoms with Gasteiger partial charge in [-0.15, -0.1) is 0 Å². The highest BCUT2D eigenvalue weighted by atomic mass is 79.9. The van der Waals surface area contributed by atoms with Gasteiger partial charge in [0.2, 0.25) is 17.6 Å². The van der Waals surface area contributed by atoms with Crippen molar-refractivity contribution in [2.24, 2.45) is 23.7 Å². The summed E-state index contributed by atoms with van der Waals surface area (Å²) >= 11 is 7.29. The number of benzene rings is 1. The lowest BCUT2D eigenvalue weighted by molar-refractivity contribution is -0.157. The molecular formula is C22H23Br2NO5. The Balaban J connectivity index is 1.43. The van der Waals surface area contributed by atoms with Gasteiger partial charge in [-0.05, 0) is 50.7 Å². The van der Waals surface area contributed by atoms with Crippen molar-refractivity contribution < 1.29 is 23.9 Å². The second-order valence-electron chi connectivity index (χ2n) is 8.58. The van der Waals surface area contributed by atoms with E-state index in [1.165, 1.54) is 6.92 Å². The van der Waals surface area contributed by atoms with Gasteiger partial charge in [0.25, 0.3) is 0 Å². The molecule has 6 nitrogen and oxygen atoms in total. The summed E-state index contributed by atoms with van der Waals surface area (Å²) in [6.07, 6.45) is 0.829. The Morgan fingerprint density at radius 2 is 1.67 bits per heavy atom. The molecule has 1 aliphatic heterocycles. The number of carbonyl (C=O) groups excluding carboxylic acids is 4. The molecule has 1 saturated heterocycles. The Bertz CT molecular complexity index is 915. The SMILES string of the molecule is Cc1ccc(C)c(C(=O)COC(=O)[C@H](C)N2C(=O)[C@@H]3[C@@H]4C[C@H]([C@H](Br)[C@@H]4Br)[C@@H]3C2=O)c1. The van der Waals surface area contributed by atoms with E-state index in [2.05, 4.69) is 31.9 Å². The zero-order chi connectivity index (χ0) is 21.9. The van der Waals surface area contributed by atoms with Crippen LogP contribution in [0.4, 0.5) is 0 Å². The first-order valence-corrected chi connectivity index (χ1v) is 11.9. The number of ether oxygens (including phenoxy) is 1. The summed E-state index contributed by atoms with van der Waals surface area (Å²) in [5.41, 5.74) is 2.24. The van der Waals surface area contributed by atoms with E-state index in [0.29, 0.717) is 5.56 Å². The van der Waals surface area contributed by atoms with Crippen LogP contribution in [-0.2, 0) is 19.1 Å². The third kappa shape index (κ3) is 3.27. The maximum absolute atomic E-state index is 13.0. The summed E-state index contributed by atoms with van der Waals surface area (Å²) in [4.78, 5) is 52.5. The number of fused-ring (bicyclic) bond motifs is 5. The van der Waals surface area contributed by atoms with Crippen molar-refractivity contribution in [3.05, 3.63) is 34.9 Å². The van der Waals surface area contributed by atoms with Crippen molar-refractivity contribution in [2.45, 2.75) is 42.9 Å². The highest BCUT2D eigenvalue weighted by Gasteiger charge is 2.67. The minimum atomic E-state index is -1.05. The summed E-state index contributed by atoms with van der Waals surface area (Å²) in [6, 6.07) is 4.45. The normalized spacial score (nSPS) is 33.0. The Morgan fingerprint density at radius 1 is 1.10 bits per heavy atom. The molecule has 0 unspecified atom stereocenters. The average molecular weight is 541 g/mol. The average Bonchev–Trinajstić information content (AvgIpc) is 3.32. The lowest BCUT2D eigenvalue weighted by atomic mass is 9.81. The van der Waals surface area contributed by atoms with Gasteiger partial charge in [0.1, 0.15) is 6.04 Å². The molecule has 2 bridgehead atoms. The molecule has 7 atom stereocenters. The molecule has 8 heteroatoms. The van der Waals surface area contributed by atoms with Crippen LogP contribution < -0.4 is 0 Å². The van der Waals surface area contributed by atoms with Crippen molar-refractivity contribution in [1.29, 1.82) is 0 Å². The van der Waals surface area contributed by atoms with Crippen molar-refractivity contribution in [1.82, 2.24) is 4.90 Å². The first kappa shape index (κ1) is 21.7. The number of amides is 2. The summed E-state index contributed by atoms with van der Waals surface area (Å²) < 4.78 is 5.20. The van der Waals surface area contributed by atoms with E-state index >= 15 is 0 Å². The number of halogens is 2. The van der Waals surface area contributed by atoms with Gasteiger partial charge in [0, 0.05) is 15.2 Å². The fourth-order valence-corrected chi connectivity index (χ4v) is 7.10. The van der Waals surface area contributed by atoms with Crippen molar-refractivity contribution in [3.8, 4) is 0 Å². The molecule has 3 fully saturated rings. The first-order chi connectivity index (χ1) is 14.1. The molecular weight excluding hydrogens is 518 g/mol. The minimum Gasteiger partial charge on any atom is -0.456 e. The standard InChI is InChI=1S/C22H23Br2NO5/c1-9-4-5-10(2)12(6-9)15(26)8-30-22(29)11(3)25-20(27)16-13-7-14(17(16)21(25)28)19(24)18(13)23/h4-6,11,13-14,16-19H,7-8H2,1-3H3/t11-,13-,14-,16-,17+,18-,19+/m0/s1. The quantitative estimate of drug-likeness (QED) is 0.248. The zero-order valence-electron chi connectivity index (χ0n) is 16.9. The van der Waals surface area contributed by atoms with Gasteiger partial charge in [-0.1, -0.05) is 49.6 Å². The van der Waals surface area contributed by atoms with E-state index in [1.807, 2.05) is 26.0 Å². The summed E-state index contributed by atoms with van der Waals surface area (Å²) in [5, 5.41) is 0. The van der Waals surface area contributed by atoms with Crippen molar-refractivity contribution in [2.75, 3.05) is 6.61 Å². The fourth-order valence-electron chi connectivity index (χ4n) is 5.23. The van der Waals surface area contributed by atoms with E-state index in [4.69, 9.17) is 4.74 Å². The van der Waals surface area contributed by atoms with Crippen LogP contribution in [0.1, 0.15) is 34.8 Å². The topological polar surface area (TPSA) is 80.8 Å². The molecule has 160 valence electrons. The number of hydrogen-bond donors (Lipinski definition) is 0. The number of nitrogens with zero attached hydrogens (tertiary/aromatic N) is 1. The number of esters is 1. The van der Waals surface area contributed by atoms with E-state index in [1.54, 1.807) is 6.07 Å². The molecule has 2 amide bonds. The Labute approximate surface area is 192 Å². The number of aryl methyl sites for hydroxylation is 2. The number of imide groups is 1. The summed E-state index contributed by atoms with van der Waals surface area (Å²) in [5.74, 6) is -2.25. The van der Waals surface area contributed by atoms with Gasteiger partial charge in [-0.25, -0.2) is 4.79 Å². The van der Waals surface area contributed by atoms with E-state index in [0.717, 1.165) is 22.4 Å². The van der Waals surface area contributed by atoms with Gasteiger partial charge >= 0.3 is 5.97 Å². The second-order valence-corrected chi connectivity index (χ2v) is 10.7. The van der Waals surface area contributed by atoms with E-state index in [-0.39, 0.29) is 50.9 Å². The molecule has 1 heterocycles. The molecule has 2 aliphatic carbocycles. The smallest absolute Gasteiger partial charge is 0.329 e. The molecule has 30 heavy (non-hydrogen) atoms. The van der Waals surface area contributed by atoms with Gasteiger partial charge < -0.3 is 4.74 Å². The summed E-state index contributed by atoms with van der Waals surface area (Å²) in [6.45, 7) is 4.77. The Morgan fingerprint density at radius 3 is 2.23 bits per heavy atom. The zero-order valence-corrected chi connectivity index (χ0v) is 20.1. The number of rotatable bonds is 5. The van der Waals surface area contributed by atoms with Gasteiger partial charge in [0.15, 0.2) is 6.61 Å². The minimum absolute atomic E-state index is 0.0833. The van der Waals surface area contributed by atoms with Crippen molar-refractivity contribution in [3.63, 3.8) is 0 Å². The first-order valence-electron chi connectivity index (χ1n) is 10.1. The number of carbonyl (C=O) groups is 4. The molecule has 0 aromatic heterocycles. The molecule has 0 spiro atoms. The van der Waals surface area contributed by atoms with E-state index < -0.39 is 18.6 Å². The van der Waals surface area contributed by atoms with Crippen LogP contribution >= 0.6 is 31.9 Å². The predicted molar refractivity (Wildman–Crippen MR) is 117 cm³/mol.